The van der Waals surface area contributed by atoms with Crippen LogP contribution in [0.5, 0.6) is 0 Å². The number of hydrogen-bond acceptors (Lipinski definition) is 4. The largest absolute Gasteiger partial charge is 0.439 e. The van der Waals surface area contributed by atoms with E-state index >= 15 is 0 Å². The molecule has 3 heterocycles. The zero-order chi connectivity index (χ0) is 19.3. The minimum Gasteiger partial charge on any atom is -0.439 e. The highest BCUT2D eigenvalue weighted by Crippen LogP contribution is 2.33. The number of carbonyl (C=O) groups excluding carboxylic acids is 2. The lowest BCUT2D eigenvalue weighted by Gasteiger charge is -2.25. The van der Waals surface area contributed by atoms with E-state index in [1.807, 2.05) is 6.07 Å². The van der Waals surface area contributed by atoms with Gasteiger partial charge in [0, 0.05) is 48.6 Å². The van der Waals surface area contributed by atoms with Crippen molar-refractivity contribution in [3.8, 4) is 0 Å². The molecule has 1 fully saturated rings. The van der Waals surface area contributed by atoms with Gasteiger partial charge in [0.05, 0.1) is 11.1 Å². The van der Waals surface area contributed by atoms with Crippen molar-refractivity contribution in [3.05, 3.63) is 58.8 Å². The van der Waals surface area contributed by atoms with Gasteiger partial charge in [-0.1, -0.05) is 24.3 Å². The van der Waals surface area contributed by atoms with E-state index in [0.29, 0.717) is 11.1 Å². The second-order valence-electron chi connectivity index (χ2n) is 7.46. The van der Waals surface area contributed by atoms with Crippen LogP contribution >= 0.6 is 0 Å². The highest BCUT2D eigenvalue weighted by Gasteiger charge is 2.33. The number of nitrogens with zero attached hydrogens (tertiary/aromatic N) is 2. The molecule has 1 aliphatic heterocycles. The minimum atomic E-state index is -0.199. The van der Waals surface area contributed by atoms with Crippen LogP contribution in [0.3, 0.4) is 0 Å². The fourth-order valence-electron chi connectivity index (χ4n) is 4.34. The zero-order valence-electron chi connectivity index (χ0n) is 15.9. The molecule has 2 aromatic heterocycles. The molecular formula is C23H22N2O3. The number of hydrogen-bond donors (Lipinski definition) is 0. The summed E-state index contributed by atoms with van der Waals surface area (Å²) in [5, 5.41) is 0. The first-order valence-corrected chi connectivity index (χ1v) is 9.95. The van der Waals surface area contributed by atoms with Gasteiger partial charge in [-0.25, -0.2) is 0 Å². The van der Waals surface area contributed by atoms with Crippen molar-refractivity contribution in [2.24, 2.45) is 0 Å². The summed E-state index contributed by atoms with van der Waals surface area (Å²) in [5.74, 6) is 0.511. The van der Waals surface area contributed by atoms with Crippen LogP contribution in [0.2, 0.25) is 0 Å². The molecule has 0 saturated carbocycles. The van der Waals surface area contributed by atoms with Crippen molar-refractivity contribution < 1.29 is 14.0 Å². The molecule has 142 valence electrons. The average Bonchev–Trinajstić information content (AvgIpc) is 3.35. The lowest BCUT2D eigenvalue weighted by molar-refractivity contribution is 0.0990. The third-order valence-electron chi connectivity index (χ3n) is 5.79. The molecule has 0 atom stereocenters. The van der Waals surface area contributed by atoms with E-state index < -0.39 is 0 Å². The van der Waals surface area contributed by atoms with Crippen LogP contribution in [0.15, 0.2) is 46.4 Å². The van der Waals surface area contributed by atoms with Gasteiger partial charge in [-0.15, -0.1) is 0 Å². The van der Waals surface area contributed by atoms with Crippen LogP contribution in [-0.2, 0) is 6.54 Å². The SMILES string of the molecule is CCn1c(C=C2C(=O)c3ccccc3C2=O)cc2oc(N3CCCCC3)cc21. The summed E-state index contributed by atoms with van der Waals surface area (Å²) in [6.07, 6.45) is 5.38. The molecule has 0 bridgehead atoms. The maximum absolute atomic E-state index is 12.7. The molecule has 0 radical (unpaired) electrons. The van der Waals surface area contributed by atoms with Gasteiger partial charge in [-0.05, 0) is 32.3 Å². The van der Waals surface area contributed by atoms with Crippen LogP contribution in [0.1, 0.15) is 52.6 Å². The predicted molar refractivity (Wildman–Crippen MR) is 109 cm³/mol. The predicted octanol–water partition coefficient (Wildman–Crippen LogP) is 4.71. The van der Waals surface area contributed by atoms with Gasteiger partial charge in [0.25, 0.3) is 0 Å². The van der Waals surface area contributed by atoms with E-state index in [1.165, 1.54) is 19.3 Å². The zero-order valence-corrected chi connectivity index (χ0v) is 15.9. The Kier molecular flexibility index (Phi) is 3.97. The first-order chi connectivity index (χ1) is 13.7. The number of rotatable bonds is 3. The van der Waals surface area contributed by atoms with Crippen LogP contribution in [-0.4, -0.2) is 29.2 Å². The fraction of sp³-hybridized carbons (Fsp3) is 0.304. The van der Waals surface area contributed by atoms with Gasteiger partial charge in [-0.2, -0.15) is 0 Å². The van der Waals surface area contributed by atoms with E-state index in [9.17, 15) is 9.59 Å². The number of benzene rings is 1. The van der Waals surface area contributed by atoms with Gasteiger partial charge >= 0.3 is 0 Å². The third-order valence-corrected chi connectivity index (χ3v) is 5.79. The average molecular weight is 374 g/mol. The maximum atomic E-state index is 12.7. The molecule has 0 amide bonds. The Morgan fingerprint density at radius 1 is 1.00 bits per heavy atom. The first kappa shape index (κ1) is 17.0. The Labute approximate surface area is 163 Å². The number of fused-ring (bicyclic) bond motifs is 2. The molecule has 5 nitrogen and oxygen atoms in total. The third kappa shape index (κ3) is 2.53. The molecule has 1 aromatic carbocycles. The Morgan fingerprint density at radius 2 is 1.68 bits per heavy atom. The van der Waals surface area contributed by atoms with Crippen molar-refractivity contribution in [1.82, 2.24) is 4.57 Å². The van der Waals surface area contributed by atoms with Gasteiger partial charge in [-0.3, -0.25) is 9.59 Å². The first-order valence-electron chi connectivity index (χ1n) is 9.95. The van der Waals surface area contributed by atoms with Gasteiger partial charge in [0.15, 0.2) is 23.0 Å². The number of piperidine rings is 1. The van der Waals surface area contributed by atoms with E-state index in [-0.39, 0.29) is 17.1 Å². The van der Waals surface area contributed by atoms with Crippen LogP contribution in [0.4, 0.5) is 5.88 Å². The van der Waals surface area contributed by atoms with Crippen LogP contribution in [0, 0.1) is 0 Å². The smallest absolute Gasteiger partial charge is 0.198 e. The summed E-state index contributed by atoms with van der Waals surface area (Å²) in [5.41, 5.74) is 3.84. The maximum Gasteiger partial charge on any atom is 0.198 e. The molecule has 0 spiro atoms. The van der Waals surface area contributed by atoms with Gasteiger partial charge in [0.2, 0.25) is 0 Å². The molecule has 0 N–H and O–H groups in total. The van der Waals surface area contributed by atoms with E-state index in [4.69, 9.17) is 4.42 Å². The standard InChI is InChI=1S/C23H22N2O3/c1-2-25-15(12-18-22(26)16-8-4-5-9-17(16)23(18)27)13-20-19(25)14-21(28-20)24-10-6-3-7-11-24/h4-5,8-9,12-14H,2-3,6-7,10-11H2,1H3. The molecule has 1 aliphatic carbocycles. The van der Waals surface area contributed by atoms with Crippen molar-refractivity contribution in [3.63, 3.8) is 0 Å². The molecule has 5 heteroatoms. The van der Waals surface area contributed by atoms with Gasteiger partial charge < -0.3 is 13.9 Å². The Balaban J connectivity index is 1.55. The molecule has 0 unspecified atom stereocenters. The summed E-state index contributed by atoms with van der Waals surface area (Å²) >= 11 is 0. The van der Waals surface area contributed by atoms with Crippen LogP contribution in [0.25, 0.3) is 17.2 Å². The number of carbonyl (C=O) groups is 2. The van der Waals surface area contributed by atoms with E-state index in [0.717, 1.165) is 42.3 Å². The van der Waals surface area contributed by atoms with Crippen molar-refractivity contribution in [2.75, 3.05) is 18.0 Å². The monoisotopic (exact) mass is 374 g/mol. The summed E-state index contributed by atoms with van der Waals surface area (Å²) in [4.78, 5) is 27.7. The topological polar surface area (TPSA) is 55.5 Å². The van der Waals surface area contributed by atoms with Crippen LogP contribution < -0.4 is 4.90 Å². The van der Waals surface area contributed by atoms with Crippen molar-refractivity contribution in [2.45, 2.75) is 32.7 Å². The highest BCUT2D eigenvalue weighted by atomic mass is 16.4. The molecule has 2 aliphatic rings. The molecule has 3 aromatic rings. The van der Waals surface area contributed by atoms with E-state index in [2.05, 4.69) is 22.5 Å². The number of ketones is 2. The molecular weight excluding hydrogens is 352 g/mol. The summed E-state index contributed by atoms with van der Waals surface area (Å²) in [6.45, 7) is 4.85. The number of allylic oxidation sites excluding steroid dienone is 1. The second-order valence-corrected chi connectivity index (χ2v) is 7.46. The lowest BCUT2D eigenvalue weighted by atomic mass is 10.1. The Bertz CT molecular complexity index is 1090. The molecule has 5 rings (SSSR count). The fourth-order valence-corrected chi connectivity index (χ4v) is 4.34. The summed E-state index contributed by atoms with van der Waals surface area (Å²) < 4.78 is 8.22. The minimum absolute atomic E-state index is 0.199. The Morgan fingerprint density at radius 3 is 2.32 bits per heavy atom. The Hall–Kier alpha value is -3.08. The highest BCUT2D eigenvalue weighted by molar-refractivity contribution is 6.41. The number of aryl methyl sites for hydroxylation is 1. The summed E-state index contributed by atoms with van der Waals surface area (Å²) in [7, 11) is 0. The molecule has 1 saturated heterocycles. The second kappa shape index (κ2) is 6.51. The normalized spacial score (nSPS) is 16.9. The lowest BCUT2D eigenvalue weighted by Crippen LogP contribution is -2.28. The van der Waals surface area contributed by atoms with E-state index in [1.54, 1.807) is 30.3 Å². The number of Topliss-reactive ketones (excluding diaryl/α,β-unsaturated/α-hetero) is 2. The quantitative estimate of drug-likeness (QED) is 0.492. The molecule has 28 heavy (non-hydrogen) atoms. The number of anilines is 1. The summed E-state index contributed by atoms with van der Waals surface area (Å²) in [6, 6.07) is 11.0. The van der Waals surface area contributed by atoms with Crippen molar-refractivity contribution >= 4 is 34.6 Å². The number of aromatic nitrogens is 1. The number of furan rings is 1. The van der Waals surface area contributed by atoms with Crippen molar-refractivity contribution in [1.29, 1.82) is 0 Å². The van der Waals surface area contributed by atoms with Gasteiger partial charge in [0.1, 0.15) is 0 Å².